The Hall–Kier alpha value is -0.900. The summed E-state index contributed by atoms with van der Waals surface area (Å²) in [4.78, 5) is 4.26. The third kappa shape index (κ3) is 2.12. The fourth-order valence-electron chi connectivity index (χ4n) is 1.13. The lowest BCUT2D eigenvalue weighted by atomic mass is 10.4. The van der Waals surface area contributed by atoms with E-state index in [1.165, 1.54) is 0 Å². The van der Waals surface area contributed by atoms with Gasteiger partial charge in [0.15, 0.2) is 5.75 Å². The van der Waals surface area contributed by atoms with Crippen molar-refractivity contribution in [3.8, 4) is 11.5 Å². The molecule has 14 heavy (non-hydrogen) atoms. The van der Waals surface area contributed by atoms with Gasteiger partial charge in [-0.3, -0.25) is 0 Å². The number of pyridine rings is 1. The maximum atomic E-state index is 5.73. The van der Waals surface area contributed by atoms with Crippen molar-refractivity contribution >= 4 is 11.8 Å². The molecule has 1 fully saturated rings. The number of methoxy groups -OCH3 is 1. The molecular formula is C10H13NO2S. The van der Waals surface area contributed by atoms with Crippen LogP contribution in [-0.4, -0.2) is 24.5 Å². The third-order valence-electron chi connectivity index (χ3n) is 2.04. The number of rotatable bonds is 4. The quantitative estimate of drug-likeness (QED) is 0.715. The lowest BCUT2D eigenvalue weighted by molar-refractivity contribution is 0.290. The first kappa shape index (κ1) is 9.65. The van der Waals surface area contributed by atoms with E-state index in [-0.39, 0.29) is 0 Å². The van der Waals surface area contributed by atoms with E-state index in [1.54, 1.807) is 25.1 Å². The SMILES string of the molecule is COc1cnc(SC)c(OC2CC2)c1. The molecule has 1 aliphatic carbocycles. The molecule has 0 radical (unpaired) electrons. The Labute approximate surface area is 87.8 Å². The normalized spacial score (nSPS) is 15.3. The van der Waals surface area contributed by atoms with Crippen molar-refractivity contribution in [2.75, 3.05) is 13.4 Å². The summed E-state index contributed by atoms with van der Waals surface area (Å²) in [5, 5.41) is 0.928. The number of aromatic nitrogens is 1. The minimum atomic E-state index is 0.398. The molecule has 0 bridgehead atoms. The van der Waals surface area contributed by atoms with Crippen LogP contribution in [0.25, 0.3) is 0 Å². The fraction of sp³-hybridized carbons (Fsp3) is 0.500. The monoisotopic (exact) mass is 211 g/mol. The summed E-state index contributed by atoms with van der Waals surface area (Å²) in [5.74, 6) is 1.60. The van der Waals surface area contributed by atoms with Gasteiger partial charge in [0.25, 0.3) is 0 Å². The molecule has 1 saturated carbocycles. The maximum Gasteiger partial charge on any atom is 0.155 e. The van der Waals surface area contributed by atoms with Crippen molar-refractivity contribution in [1.82, 2.24) is 4.98 Å². The van der Waals surface area contributed by atoms with Gasteiger partial charge in [0.1, 0.15) is 10.8 Å². The molecule has 1 heterocycles. The van der Waals surface area contributed by atoms with E-state index in [1.807, 2.05) is 12.3 Å². The molecule has 0 unspecified atom stereocenters. The molecule has 0 spiro atoms. The minimum Gasteiger partial charge on any atom is -0.495 e. The highest BCUT2D eigenvalue weighted by molar-refractivity contribution is 7.98. The first-order valence-corrected chi connectivity index (χ1v) is 5.80. The number of hydrogen-bond donors (Lipinski definition) is 0. The van der Waals surface area contributed by atoms with Crippen LogP contribution < -0.4 is 9.47 Å². The predicted molar refractivity (Wildman–Crippen MR) is 56.2 cm³/mol. The van der Waals surface area contributed by atoms with E-state index in [9.17, 15) is 0 Å². The predicted octanol–water partition coefficient (Wildman–Crippen LogP) is 2.35. The largest absolute Gasteiger partial charge is 0.495 e. The van der Waals surface area contributed by atoms with Crippen LogP contribution in [0.15, 0.2) is 17.3 Å². The van der Waals surface area contributed by atoms with Gasteiger partial charge in [-0.05, 0) is 19.1 Å². The van der Waals surface area contributed by atoms with Gasteiger partial charge < -0.3 is 9.47 Å². The third-order valence-corrected chi connectivity index (χ3v) is 2.73. The molecule has 1 aromatic heterocycles. The lowest BCUT2D eigenvalue weighted by Gasteiger charge is -2.09. The Morgan fingerprint density at radius 3 is 2.86 bits per heavy atom. The van der Waals surface area contributed by atoms with Gasteiger partial charge in [-0.1, -0.05) is 0 Å². The van der Waals surface area contributed by atoms with Gasteiger partial charge in [0.05, 0.1) is 19.4 Å². The molecule has 2 rings (SSSR count). The summed E-state index contributed by atoms with van der Waals surface area (Å²) in [5.41, 5.74) is 0. The Kier molecular flexibility index (Phi) is 2.82. The Bertz CT molecular complexity index is 326. The Morgan fingerprint density at radius 1 is 1.50 bits per heavy atom. The van der Waals surface area contributed by atoms with Crippen molar-refractivity contribution in [2.45, 2.75) is 24.0 Å². The van der Waals surface area contributed by atoms with Gasteiger partial charge >= 0.3 is 0 Å². The van der Waals surface area contributed by atoms with Crippen LogP contribution in [0, 0.1) is 0 Å². The number of nitrogens with zero attached hydrogens (tertiary/aromatic N) is 1. The molecule has 0 amide bonds. The summed E-state index contributed by atoms with van der Waals surface area (Å²) in [7, 11) is 1.64. The molecular weight excluding hydrogens is 198 g/mol. The molecule has 0 atom stereocenters. The molecule has 0 saturated heterocycles. The van der Waals surface area contributed by atoms with Crippen LogP contribution in [0.2, 0.25) is 0 Å². The summed E-state index contributed by atoms with van der Waals surface area (Å²) in [6.45, 7) is 0. The average Bonchev–Trinajstić information content (AvgIpc) is 3.01. The van der Waals surface area contributed by atoms with Crippen LogP contribution >= 0.6 is 11.8 Å². The van der Waals surface area contributed by atoms with Crippen molar-refractivity contribution < 1.29 is 9.47 Å². The van der Waals surface area contributed by atoms with Crippen LogP contribution in [0.4, 0.5) is 0 Å². The van der Waals surface area contributed by atoms with Crippen LogP contribution in [0.3, 0.4) is 0 Å². The van der Waals surface area contributed by atoms with Gasteiger partial charge in [-0.25, -0.2) is 4.98 Å². The summed E-state index contributed by atoms with van der Waals surface area (Å²) < 4.78 is 10.8. The van der Waals surface area contributed by atoms with E-state index in [0.717, 1.165) is 29.4 Å². The Morgan fingerprint density at radius 2 is 2.29 bits per heavy atom. The van der Waals surface area contributed by atoms with E-state index >= 15 is 0 Å². The molecule has 1 aliphatic rings. The summed E-state index contributed by atoms with van der Waals surface area (Å²) in [6, 6.07) is 1.90. The van der Waals surface area contributed by atoms with Crippen molar-refractivity contribution in [2.24, 2.45) is 0 Å². The zero-order chi connectivity index (χ0) is 9.97. The van der Waals surface area contributed by atoms with Gasteiger partial charge in [0, 0.05) is 6.07 Å². The van der Waals surface area contributed by atoms with Crippen LogP contribution in [0.1, 0.15) is 12.8 Å². The smallest absolute Gasteiger partial charge is 0.155 e. The van der Waals surface area contributed by atoms with E-state index in [0.29, 0.717) is 6.10 Å². The minimum absolute atomic E-state index is 0.398. The van der Waals surface area contributed by atoms with Gasteiger partial charge in [-0.15, -0.1) is 11.8 Å². The second-order valence-electron chi connectivity index (χ2n) is 3.20. The lowest BCUT2D eigenvalue weighted by Crippen LogP contribution is -1.99. The highest BCUT2D eigenvalue weighted by Gasteiger charge is 2.25. The van der Waals surface area contributed by atoms with E-state index in [4.69, 9.17) is 9.47 Å². The molecule has 1 aromatic rings. The summed E-state index contributed by atoms with van der Waals surface area (Å²) >= 11 is 1.59. The molecule has 3 nitrogen and oxygen atoms in total. The molecule has 0 aromatic carbocycles. The van der Waals surface area contributed by atoms with Crippen molar-refractivity contribution in [3.63, 3.8) is 0 Å². The number of thioether (sulfide) groups is 1. The van der Waals surface area contributed by atoms with Gasteiger partial charge in [0.2, 0.25) is 0 Å². The zero-order valence-electron chi connectivity index (χ0n) is 8.32. The number of hydrogen-bond acceptors (Lipinski definition) is 4. The molecule has 76 valence electrons. The highest BCUT2D eigenvalue weighted by atomic mass is 32.2. The van der Waals surface area contributed by atoms with Gasteiger partial charge in [-0.2, -0.15) is 0 Å². The molecule has 0 N–H and O–H groups in total. The highest BCUT2D eigenvalue weighted by Crippen LogP contribution is 2.34. The standard InChI is InChI=1S/C10H13NO2S/c1-12-8-5-9(13-7-3-4-7)10(14-2)11-6-8/h5-7H,3-4H2,1-2H3. The molecule has 0 aliphatic heterocycles. The molecule has 4 heteroatoms. The summed E-state index contributed by atoms with van der Waals surface area (Å²) in [6.07, 6.45) is 6.42. The first-order chi connectivity index (χ1) is 6.83. The van der Waals surface area contributed by atoms with E-state index in [2.05, 4.69) is 4.98 Å². The topological polar surface area (TPSA) is 31.4 Å². The first-order valence-electron chi connectivity index (χ1n) is 4.58. The Balaban J connectivity index is 2.21. The zero-order valence-corrected chi connectivity index (χ0v) is 9.13. The second kappa shape index (κ2) is 4.09. The van der Waals surface area contributed by atoms with E-state index < -0.39 is 0 Å². The second-order valence-corrected chi connectivity index (χ2v) is 3.99. The average molecular weight is 211 g/mol. The van der Waals surface area contributed by atoms with Crippen LogP contribution in [0.5, 0.6) is 11.5 Å². The van der Waals surface area contributed by atoms with Crippen LogP contribution in [-0.2, 0) is 0 Å². The van der Waals surface area contributed by atoms with Crippen molar-refractivity contribution in [1.29, 1.82) is 0 Å². The van der Waals surface area contributed by atoms with Crippen molar-refractivity contribution in [3.05, 3.63) is 12.3 Å². The fourth-order valence-corrected chi connectivity index (χ4v) is 1.60. The maximum absolute atomic E-state index is 5.73. The number of ether oxygens (including phenoxy) is 2.